The van der Waals surface area contributed by atoms with Gasteiger partial charge in [0.2, 0.25) is 5.91 Å². The van der Waals surface area contributed by atoms with Crippen LogP contribution < -0.4 is 4.90 Å². The maximum atomic E-state index is 12.5. The van der Waals surface area contributed by atoms with Gasteiger partial charge in [-0.1, -0.05) is 12.1 Å². The highest BCUT2D eigenvalue weighted by molar-refractivity contribution is 5.79. The molecule has 4 nitrogen and oxygen atoms in total. The molecule has 1 atom stereocenters. The van der Waals surface area contributed by atoms with Crippen LogP contribution in [0.2, 0.25) is 0 Å². The monoisotopic (exact) mass is 303 g/mol. The Balaban J connectivity index is 1.91. The summed E-state index contributed by atoms with van der Waals surface area (Å²) in [6.45, 7) is 1.79. The van der Waals surface area contributed by atoms with Gasteiger partial charge in [-0.3, -0.25) is 4.79 Å². The molecule has 0 aromatic heterocycles. The van der Waals surface area contributed by atoms with Gasteiger partial charge in [0.1, 0.15) is 0 Å². The van der Waals surface area contributed by atoms with Gasteiger partial charge in [0.25, 0.3) is 0 Å². The molecule has 0 unspecified atom stereocenters. The number of nitrogens with zero attached hydrogens (tertiary/aromatic N) is 3. The van der Waals surface area contributed by atoms with Gasteiger partial charge in [0, 0.05) is 38.9 Å². The third-order valence-electron chi connectivity index (χ3n) is 4.59. The summed E-state index contributed by atoms with van der Waals surface area (Å²) >= 11 is 0. The van der Waals surface area contributed by atoms with Crippen LogP contribution >= 0.6 is 0 Å². The number of likely N-dealkylation sites (tertiary alicyclic amines) is 1. The first kappa shape index (κ1) is 16.8. The van der Waals surface area contributed by atoms with Crippen molar-refractivity contribution in [3.8, 4) is 0 Å². The lowest BCUT2D eigenvalue weighted by molar-refractivity contribution is -0.130. The molecule has 1 aliphatic rings. The van der Waals surface area contributed by atoms with Gasteiger partial charge in [0.15, 0.2) is 0 Å². The van der Waals surface area contributed by atoms with E-state index in [0.717, 1.165) is 31.5 Å². The maximum absolute atomic E-state index is 12.5. The largest absolute Gasteiger partial charge is 0.378 e. The first-order valence-electron chi connectivity index (χ1n) is 8.18. The van der Waals surface area contributed by atoms with E-state index in [4.69, 9.17) is 0 Å². The number of carbonyl (C=O) groups is 1. The SMILES string of the molecule is CN(C)c1ccc(CC(=O)N2CCC[C@@H](N(C)C)CC2)cc1. The van der Waals surface area contributed by atoms with Crippen molar-refractivity contribution < 1.29 is 4.79 Å². The summed E-state index contributed by atoms with van der Waals surface area (Å²) in [4.78, 5) is 18.9. The van der Waals surface area contributed by atoms with E-state index in [1.165, 1.54) is 12.1 Å². The molecule has 1 amide bonds. The van der Waals surface area contributed by atoms with E-state index < -0.39 is 0 Å². The quantitative estimate of drug-likeness (QED) is 0.853. The van der Waals surface area contributed by atoms with E-state index in [2.05, 4.69) is 48.2 Å². The minimum Gasteiger partial charge on any atom is -0.378 e. The minimum absolute atomic E-state index is 0.261. The highest BCUT2D eigenvalue weighted by Gasteiger charge is 2.21. The molecule has 1 aliphatic heterocycles. The Kier molecular flexibility index (Phi) is 5.83. The molecule has 0 radical (unpaired) electrons. The molecule has 1 aromatic carbocycles. The second-order valence-corrected chi connectivity index (χ2v) is 6.67. The van der Waals surface area contributed by atoms with Crippen LogP contribution in [-0.2, 0) is 11.2 Å². The fraction of sp³-hybridized carbons (Fsp3) is 0.611. The number of amides is 1. The normalized spacial score (nSPS) is 19.1. The smallest absolute Gasteiger partial charge is 0.226 e. The number of rotatable bonds is 4. The number of hydrogen-bond donors (Lipinski definition) is 0. The molecule has 1 aromatic rings. The predicted octanol–water partition coefficient (Wildman–Crippen LogP) is 2.24. The third-order valence-corrected chi connectivity index (χ3v) is 4.59. The standard InChI is InChI=1S/C18H29N3O/c1-19(2)16-6-5-12-21(13-11-16)18(22)14-15-7-9-17(10-8-15)20(3)4/h7-10,16H,5-6,11-14H2,1-4H3/t16-/m1/s1. The molecule has 0 aliphatic carbocycles. The average molecular weight is 303 g/mol. The summed E-state index contributed by atoms with van der Waals surface area (Å²) in [5.41, 5.74) is 2.27. The molecule has 1 fully saturated rings. The van der Waals surface area contributed by atoms with Crippen LogP contribution in [0.3, 0.4) is 0 Å². The fourth-order valence-electron chi connectivity index (χ4n) is 3.04. The van der Waals surface area contributed by atoms with E-state index in [9.17, 15) is 4.79 Å². The van der Waals surface area contributed by atoms with Crippen LogP contribution in [0.25, 0.3) is 0 Å². The summed E-state index contributed by atoms with van der Waals surface area (Å²) in [5, 5.41) is 0. The Morgan fingerprint density at radius 3 is 2.36 bits per heavy atom. The van der Waals surface area contributed by atoms with E-state index in [-0.39, 0.29) is 5.91 Å². The molecule has 4 heteroatoms. The summed E-state index contributed by atoms with van der Waals surface area (Å²) in [6.07, 6.45) is 3.89. The maximum Gasteiger partial charge on any atom is 0.226 e. The first-order chi connectivity index (χ1) is 10.5. The molecular formula is C18H29N3O. The van der Waals surface area contributed by atoms with Crippen molar-refractivity contribution in [3.63, 3.8) is 0 Å². The second-order valence-electron chi connectivity index (χ2n) is 6.67. The first-order valence-corrected chi connectivity index (χ1v) is 8.18. The average Bonchev–Trinajstić information content (AvgIpc) is 2.73. The lowest BCUT2D eigenvalue weighted by atomic mass is 10.1. The Morgan fingerprint density at radius 2 is 1.77 bits per heavy atom. The van der Waals surface area contributed by atoms with Crippen LogP contribution in [0.15, 0.2) is 24.3 Å². The molecule has 0 spiro atoms. The summed E-state index contributed by atoms with van der Waals surface area (Å²) in [5.74, 6) is 0.261. The Morgan fingerprint density at radius 1 is 1.09 bits per heavy atom. The van der Waals surface area contributed by atoms with E-state index in [1.807, 2.05) is 19.0 Å². The highest BCUT2D eigenvalue weighted by atomic mass is 16.2. The summed E-state index contributed by atoms with van der Waals surface area (Å²) < 4.78 is 0. The van der Waals surface area contributed by atoms with E-state index in [1.54, 1.807) is 0 Å². The van der Waals surface area contributed by atoms with Gasteiger partial charge < -0.3 is 14.7 Å². The lowest BCUT2D eigenvalue weighted by Gasteiger charge is -2.23. The predicted molar refractivity (Wildman–Crippen MR) is 92.4 cm³/mol. The van der Waals surface area contributed by atoms with Crippen LogP contribution in [0.5, 0.6) is 0 Å². The van der Waals surface area contributed by atoms with Gasteiger partial charge in [-0.05, 0) is 51.1 Å². The van der Waals surface area contributed by atoms with Gasteiger partial charge >= 0.3 is 0 Å². The topological polar surface area (TPSA) is 26.8 Å². The summed E-state index contributed by atoms with van der Waals surface area (Å²) in [6, 6.07) is 8.89. The number of anilines is 1. The molecule has 0 bridgehead atoms. The minimum atomic E-state index is 0.261. The zero-order chi connectivity index (χ0) is 16.1. The van der Waals surface area contributed by atoms with Crippen LogP contribution in [0.4, 0.5) is 5.69 Å². The fourth-order valence-corrected chi connectivity index (χ4v) is 3.04. The number of benzene rings is 1. The van der Waals surface area contributed by atoms with Crippen molar-refractivity contribution in [2.24, 2.45) is 0 Å². The Bertz CT molecular complexity index is 482. The molecule has 0 N–H and O–H groups in total. The van der Waals surface area contributed by atoms with Crippen molar-refractivity contribution in [1.82, 2.24) is 9.80 Å². The Hall–Kier alpha value is -1.55. The van der Waals surface area contributed by atoms with Gasteiger partial charge in [-0.15, -0.1) is 0 Å². The zero-order valence-electron chi connectivity index (χ0n) is 14.4. The van der Waals surface area contributed by atoms with E-state index in [0.29, 0.717) is 12.5 Å². The van der Waals surface area contributed by atoms with E-state index >= 15 is 0 Å². The second kappa shape index (κ2) is 7.63. The Labute approximate surface area is 134 Å². The van der Waals surface area contributed by atoms with Crippen molar-refractivity contribution in [1.29, 1.82) is 0 Å². The van der Waals surface area contributed by atoms with Crippen LogP contribution in [0.1, 0.15) is 24.8 Å². The van der Waals surface area contributed by atoms with Crippen LogP contribution in [-0.4, -0.2) is 63.0 Å². The molecule has 22 heavy (non-hydrogen) atoms. The zero-order valence-corrected chi connectivity index (χ0v) is 14.4. The van der Waals surface area contributed by atoms with Crippen molar-refractivity contribution in [3.05, 3.63) is 29.8 Å². The lowest BCUT2D eigenvalue weighted by Crippen LogP contribution is -2.34. The van der Waals surface area contributed by atoms with Crippen molar-refractivity contribution in [2.45, 2.75) is 31.7 Å². The highest BCUT2D eigenvalue weighted by Crippen LogP contribution is 2.17. The molecule has 1 heterocycles. The molecule has 1 saturated heterocycles. The molecular weight excluding hydrogens is 274 g/mol. The van der Waals surface area contributed by atoms with Crippen molar-refractivity contribution in [2.75, 3.05) is 46.2 Å². The van der Waals surface area contributed by atoms with Crippen molar-refractivity contribution >= 4 is 11.6 Å². The molecule has 0 saturated carbocycles. The number of carbonyl (C=O) groups excluding carboxylic acids is 1. The molecule has 2 rings (SSSR count). The van der Waals surface area contributed by atoms with Crippen LogP contribution in [0, 0.1) is 0 Å². The van der Waals surface area contributed by atoms with Gasteiger partial charge in [-0.25, -0.2) is 0 Å². The third kappa shape index (κ3) is 4.47. The van der Waals surface area contributed by atoms with Gasteiger partial charge in [-0.2, -0.15) is 0 Å². The number of hydrogen-bond acceptors (Lipinski definition) is 3. The molecule has 122 valence electrons. The summed E-state index contributed by atoms with van der Waals surface area (Å²) in [7, 11) is 8.32. The van der Waals surface area contributed by atoms with Gasteiger partial charge in [0.05, 0.1) is 6.42 Å².